The van der Waals surface area contributed by atoms with E-state index in [9.17, 15) is 8.42 Å². The van der Waals surface area contributed by atoms with E-state index in [4.69, 9.17) is 16.3 Å². The first-order valence-electron chi connectivity index (χ1n) is 4.87. The van der Waals surface area contributed by atoms with E-state index in [2.05, 4.69) is 11.3 Å². The van der Waals surface area contributed by atoms with Crippen LogP contribution in [0.25, 0.3) is 0 Å². The number of hydrogen-bond acceptors (Lipinski definition) is 3. The van der Waals surface area contributed by atoms with Gasteiger partial charge in [-0.05, 0) is 24.6 Å². The molecule has 1 rings (SSSR count). The zero-order chi connectivity index (χ0) is 13.1. The van der Waals surface area contributed by atoms with Gasteiger partial charge in [0.15, 0.2) is 0 Å². The Kier molecular flexibility index (Phi) is 4.56. The second-order valence-electron chi connectivity index (χ2n) is 3.39. The molecule has 1 aromatic rings. The van der Waals surface area contributed by atoms with Gasteiger partial charge in [0.1, 0.15) is 5.75 Å². The molecular weight excluding hydrogens is 262 g/mol. The molecule has 0 radical (unpaired) electrons. The summed E-state index contributed by atoms with van der Waals surface area (Å²) in [5.74, 6) is 0.451. The Morgan fingerprint density at radius 3 is 2.71 bits per heavy atom. The van der Waals surface area contributed by atoms with Gasteiger partial charge in [0.25, 0.3) is 0 Å². The Hall–Kier alpha value is -1.04. The molecule has 1 aromatic carbocycles. The quantitative estimate of drug-likeness (QED) is 0.838. The van der Waals surface area contributed by atoms with Crippen LogP contribution in [0.3, 0.4) is 0 Å². The van der Waals surface area contributed by atoms with Crippen molar-refractivity contribution in [2.45, 2.75) is 11.8 Å². The number of benzene rings is 1. The third-order valence-corrected chi connectivity index (χ3v) is 4.02. The largest absolute Gasteiger partial charge is 0.495 e. The van der Waals surface area contributed by atoms with Crippen molar-refractivity contribution >= 4 is 21.6 Å². The van der Waals surface area contributed by atoms with Gasteiger partial charge in [0, 0.05) is 6.54 Å². The van der Waals surface area contributed by atoms with Crippen molar-refractivity contribution in [3.63, 3.8) is 0 Å². The van der Waals surface area contributed by atoms with Gasteiger partial charge in [-0.3, -0.25) is 0 Å². The first-order valence-corrected chi connectivity index (χ1v) is 6.73. The van der Waals surface area contributed by atoms with E-state index in [1.807, 2.05) is 0 Å². The van der Waals surface area contributed by atoms with Gasteiger partial charge in [0.2, 0.25) is 10.0 Å². The molecule has 17 heavy (non-hydrogen) atoms. The van der Waals surface area contributed by atoms with Gasteiger partial charge < -0.3 is 4.74 Å². The van der Waals surface area contributed by atoms with E-state index >= 15 is 0 Å². The van der Waals surface area contributed by atoms with E-state index in [1.165, 1.54) is 19.3 Å². The molecule has 0 fully saturated rings. The SMILES string of the molecule is C=CCNS(=O)(=O)c1cc(Cl)c(OC)cc1C. The predicted molar refractivity (Wildman–Crippen MR) is 68.1 cm³/mol. The topological polar surface area (TPSA) is 55.4 Å². The smallest absolute Gasteiger partial charge is 0.241 e. The molecule has 0 aliphatic heterocycles. The second-order valence-corrected chi connectivity index (χ2v) is 5.54. The fourth-order valence-corrected chi connectivity index (χ4v) is 2.88. The number of halogens is 1. The van der Waals surface area contributed by atoms with Crippen LogP contribution in [0.5, 0.6) is 5.75 Å². The molecule has 1 N–H and O–H groups in total. The van der Waals surface area contributed by atoms with Gasteiger partial charge in [-0.1, -0.05) is 17.7 Å². The number of methoxy groups -OCH3 is 1. The number of sulfonamides is 1. The molecule has 0 aliphatic rings. The average Bonchev–Trinajstić information content (AvgIpc) is 2.28. The fraction of sp³-hybridized carbons (Fsp3) is 0.273. The molecule has 4 nitrogen and oxygen atoms in total. The Morgan fingerprint density at radius 1 is 1.53 bits per heavy atom. The Morgan fingerprint density at radius 2 is 2.18 bits per heavy atom. The molecule has 94 valence electrons. The molecule has 0 saturated heterocycles. The van der Waals surface area contributed by atoms with Crippen LogP contribution >= 0.6 is 11.6 Å². The van der Waals surface area contributed by atoms with Crippen molar-refractivity contribution in [2.24, 2.45) is 0 Å². The minimum Gasteiger partial charge on any atom is -0.495 e. The molecule has 0 aromatic heterocycles. The second kappa shape index (κ2) is 5.53. The normalized spacial score (nSPS) is 11.2. The lowest BCUT2D eigenvalue weighted by molar-refractivity contribution is 0.414. The van der Waals surface area contributed by atoms with Crippen molar-refractivity contribution in [2.75, 3.05) is 13.7 Å². The predicted octanol–water partition coefficient (Wildman–Crippen LogP) is 2.12. The summed E-state index contributed by atoms with van der Waals surface area (Å²) in [5, 5.41) is 0.261. The molecule has 0 atom stereocenters. The average molecular weight is 276 g/mol. The van der Waals surface area contributed by atoms with E-state index in [0.29, 0.717) is 11.3 Å². The lowest BCUT2D eigenvalue weighted by atomic mass is 10.2. The zero-order valence-corrected chi connectivity index (χ0v) is 11.2. The van der Waals surface area contributed by atoms with Crippen LogP contribution in [-0.2, 0) is 10.0 Å². The van der Waals surface area contributed by atoms with Gasteiger partial charge in [0.05, 0.1) is 17.0 Å². The summed E-state index contributed by atoms with van der Waals surface area (Å²) in [5.41, 5.74) is 0.572. The summed E-state index contributed by atoms with van der Waals surface area (Å²) in [7, 11) is -2.08. The molecule has 0 saturated carbocycles. The van der Waals surface area contributed by atoms with Crippen molar-refractivity contribution in [3.05, 3.63) is 35.4 Å². The maximum atomic E-state index is 11.9. The Bertz CT molecular complexity index is 526. The number of ether oxygens (including phenoxy) is 1. The van der Waals surface area contributed by atoms with Crippen LogP contribution in [-0.4, -0.2) is 22.1 Å². The summed E-state index contributed by atoms with van der Waals surface area (Å²) < 4.78 is 31.2. The molecule has 0 unspecified atom stereocenters. The number of rotatable bonds is 5. The van der Waals surface area contributed by atoms with Gasteiger partial charge >= 0.3 is 0 Å². The molecule has 6 heteroatoms. The van der Waals surface area contributed by atoms with E-state index in [0.717, 1.165) is 0 Å². The summed E-state index contributed by atoms with van der Waals surface area (Å²) in [6, 6.07) is 2.96. The zero-order valence-electron chi connectivity index (χ0n) is 9.66. The number of hydrogen-bond donors (Lipinski definition) is 1. The highest BCUT2D eigenvalue weighted by Crippen LogP contribution is 2.29. The summed E-state index contributed by atoms with van der Waals surface area (Å²) in [4.78, 5) is 0.144. The Labute approximate surface area is 106 Å². The molecule has 0 aliphatic carbocycles. The maximum Gasteiger partial charge on any atom is 0.241 e. The van der Waals surface area contributed by atoms with Crippen molar-refractivity contribution in [3.8, 4) is 5.75 Å². The van der Waals surface area contributed by atoms with E-state index < -0.39 is 10.0 Å². The van der Waals surface area contributed by atoms with Gasteiger partial charge in [-0.2, -0.15) is 0 Å². The Balaban J connectivity index is 3.23. The van der Waals surface area contributed by atoms with Crippen molar-refractivity contribution in [1.82, 2.24) is 4.72 Å². The first kappa shape index (κ1) is 14.0. The van der Waals surface area contributed by atoms with Crippen LogP contribution in [0.4, 0.5) is 0 Å². The monoisotopic (exact) mass is 275 g/mol. The van der Waals surface area contributed by atoms with Crippen molar-refractivity contribution < 1.29 is 13.2 Å². The molecule has 0 bridgehead atoms. The maximum absolute atomic E-state index is 11.9. The molecular formula is C11H14ClNO3S. The lowest BCUT2D eigenvalue weighted by Gasteiger charge is -2.11. The van der Waals surface area contributed by atoms with E-state index in [-0.39, 0.29) is 16.5 Å². The highest BCUT2D eigenvalue weighted by atomic mass is 35.5. The minimum atomic E-state index is -3.56. The van der Waals surface area contributed by atoms with Gasteiger partial charge in [-0.25, -0.2) is 13.1 Å². The van der Waals surface area contributed by atoms with Crippen LogP contribution in [0.1, 0.15) is 5.56 Å². The minimum absolute atomic E-state index is 0.144. The molecule has 0 heterocycles. The van der Waals surface area contributed by atoms with Crippen LogP contribution in [0, 0.1) is 6.92 Å². The standard InChI is InChI=1S/C11H14ClNO3S/c1-4-5-13-17(14,15)11-7-9(12)10(16-3)6-8(11)2/h4,6-7,13H,1,5H2,2-3H3. The highest BCUT2D eigenvalue weighted by Gasteiger charge is 2.18. The summed E-state index contributed by atoms with van der Waals surface area (Å²) in [6.07, 6.45) is 1.47. The van der Waals surface area contributed by atoms with Crippen LogP contribution in [0.2, 0.25) is 5.02 Å². The van der Waals surface area contributed by atoms with Crippen LogP contribution in [0.15, 0.2) is 29.7 Å². The summed E-state index contributed by atoms with van der Waals surface area (Å²) in [6.45, 7) is 5.31. The van der Waals surface area contributed by atoms with E-state index in [1.54, 1.807) is 13.0 Å². The summed E-state index contributed by atoms with van der Waals surface area (Å²) >= 11 is 5.90. The highest BCUT2D eigenvalue weighted by molar-refractivity contribution is 7.89. The third kappa shape index (κ3) is 3.21. The van der Waals surface area contributed by atoms with Crippen molar-refractivity contribution in [1.29, 1.82) is 0 Å². The number of nitrogens with one attached hydrogen (secondary N) is 1. The van der Waals surface area contributed by atoms with Crippen LogP contribution < -0.4 is 9.46 Å². The fourth-order valence-electron chi connectivity index (χ4n) is 1.33. The number of aryl methyl sites for hydroxylation is 1. The first-order chi connectivity index (χ1) is 7.92. The molecule has 0 amide bonds. The molecule has 0 spiro atoms. The lowest BCUT2D eigenvalue weighted by Crippen LogP contribution is -2.24. The third-order valence-electron chi connectivity index (χ3n) is 2.16. The van der Waals surface area contributed by atoms with Gasteiger partial charge in [-0.15, -0.1) is 6.58 Å².